The molecule has 110 valence electrons. The summed E-state index contributed by atoms with van der Waals surface area (Å²) in [5, 5.41) is 13.9. The maximum atomic E-state index is 12.0. The molecule has 0 atom stereocenters. The molecule has 1 rings (SSSR count). The molecule has 0 saturated carbocycles. The second kappa shape index (κ2) is 7.62. The maximum absolute atomic E-state index is 12.0. The van der Waals surface area contributed by atoms with Crippen molar-refractivity contribution in [1.82, 2.24) is 14.9 Å². The molecule has 2 N–H and O–H groups in total. The van der Waals surface area contributed by atoms with Gasteiger partial charge in [0.15, 0.2) is 5.03 Å². The smallest absolute Gasteiger partial charge is 0.342 e. The molecule has 0 aromatic carbocycles. The van der Waals surface area contributed by atoms with E-state index in [4.69, 9.17) is 10.00 Å². The summed E-state index contributed by atoms with van der Waals surface area (Å²) in [7, 11) is -3.85. The molecular weight excluding hydrogens is 284 g/mol. The summed E-state index contributed by atoms with van der Waals surface area (Å²) in [4.78, 5) is 11.6. The third-order valence-electron chi connectivity index (χ3n) is 2.38. The fraction of sp³-hybridized carbons (Fsp3) is 0.545. The van der Waals surface area contributed by atoms with Gasteiger partial charge in [0, 0.05) is 13.0 Å². The minimum Gasteiger partial charge on any atom is -0.462 e. The van der Waals surface area contributed by atoms with Crippen LogP contribution in [0.25, 0.3) is 0 Å². The molecule has 0 aliphatic carbocycles. The molecule has 20 heavy (non-hydrogen) atoms. The van der Waals surface area contributed by atoms with E-state index in [-0.39, 0.29) is 23.7 Å². The number of unbranched alkanes of at least 4 members (excludes halogenated alkanes) is 2. The molecule has 0 amide bonds. The molecule has 0 bridgehead atoms. The molecular formula is C11H16N4O4S. The van der Waals surface area contributed by atoms with E-state index in [0.717, 1.165) is 6.20 Å². The predicted octanol–water partition coefficient (Wildman–Crippen LogP) is 0.559. The normalized spacial score (nSPS) is 11.0. The van der Waals surface area contributed by atoms with Crippen molar-refractivity contribution in [2.24, 2.45) is 0 Å². The van der Waals surface area contributed by atoms with Gasteiger partial charge in [0.05, 0.1) is 18.9 Å². The van der Waals surface area contributed by atoms with Gasteiger partial charge in [-0.05, 0) is 19.8 Å². The Morgan fingerprint density at radius 1 is 1.55 bits per heavy atom. The number of aromatic amines is 1. The Morgan fingerprint density at radius 2 is 2.30 bits per heavy atom. The molecule has 0 unspecified atom stereocenters. The van der Waals surface area contributed by atoms with Crippen LogP contribution in [0.4, 0.5) is 0 Å². The van der Waals surface area contributed by atoms with Gasteiger partial charge in [-0.15, -0.1) is 0 Å². The largest absolute Gasteiger partial charge is 0.462 e. The van der Waals surface area contributed by atoms with E-state index in [1.165, 1.54) is 0 Å². The lowest BCUT2D eigenvalue weighted by molar-refractivity contribution is 0.0522. The predicted molar refractivity (Wildman–Crippen MR) is 69.2 cm³/mol. The van der Waals surface area contributed by atoms with Crippen LogP contribution in [-0.4, -0.2) is 37.7 Å². The Morgan fingerprint density at radius 3 is 2.95 bits per heavy atom. The topological polar surface area (TPSA) is 125 Å². The molecule has 0 spiro atoms. The van der Waals surface area contributed by atoms with Gasteiger partial charge in [-0.2, -0.15) is 10.4 Å². The summed E-state index contributed by atoms with van der Waals surface area (Å²) in [5.41, 5.74) is -0.128. The number of H-pyrrole nitrogens is 1. The van der Waals surface area contributed by atoms with Crippen LogP contribution < -0.4 is 4.72 Å². The maximum Gasteiger partial charge on any atom is 0.342 e. The van der Waals surface area contributed by atoms with Crippen LogP contribution in [0.2, 0.25) is 0 Å². The number of hydrogen-bond donors (Lipinski definition) is 2. The molecule has 1 aromatic heterocycles. The van der Waals surface area contributed by atoms with E-state index in [2.05, 4.69) is 14.9 Å². The molecule has 0 aliphatic heterocycles. The summed E-state index contributed by atoms with van der Waals surface area (Å²) in [6.07, 6.45) is 2.63. The number of carbonyl (C=O) groups excluding carboxylic acids is 1. The van der Waals surface area contributed by atoms with Crippen LogP contribution >= 0.6 is 0 Å². The number of hydrogen-bond acceptors (Lipinski definition) is 6. The first-order valence-electron chi connectivity index (χ1n) is 6.10. The fourth-order valence-corrected chi connectivity index (χ4v) is 2.60. The van der Waals surface area contributed by atoms with Crippen molar-refractivity contribution < 1.29 is 17.9 Å². The highest BCUT2D eigenvalue weighted by atomic mass is 32.2. The van der Waals surface area contributed by atoms with Crippen LogP contribution in [0.15, 0.2) is 11.2 Å². The molecule has 0 saturated heterocycles. The Labute approximate surface area is 117 Å². The quantitative estimate of drug-likeness (QED) is 0.533. The minimum absolute atomic E-state index is 0.128. The Hall–Kier alpha value is -1.92. The highest BCUT2D eigenvalue weighted by molar-refractivity contribution is 7.89. The van der Waals surface area contributed by atoms with Gasteiger partial charge in [0.2, 0.25) is 0 Å². The van der Waals surface area contributed by atoms with E-state index in [1.54, 1.807) is 6.92 Å². The second-order valence-electron chi connectivity index (χ2n) is 3.85. The van der Waals surface area contributed by atoms with Gasteiger partial charge in [0.25, 0.3) is 10.0 Å². The summed E-state index contributed by atoms with van der Waals surface area (Å²) in [6, 6.07) is 1.98. The number of esters is 1. The fourth-order valence-electron chi connectivity index (χ4n) is 1.44. The van der Waals surface area contributed by atoms with Crippen LogP contribution in [0.1, 0.15) is 36.5 Å². The molecule has 9 heteroatoms. The number of nitrogens with one attached hydrogen (secondary N) is 2. The number of aromatic nitrogens is 2. The Balaban J connectivity index is 2.71. The van der Waals surface area contributed by atoms with Crippen molar-refractivity contribution in [3.05, 3.63) is 11.8 Å². The first-order valence-corrected chi connectivity index (χ1v) is 7.58. The first-order chi connectivity index (χ1) is 9.53. The molecule has 1 heterocycles. The zero-order valence-electron chi connectivity index (χ0n) is 11.0. The summed E-state index contributed by atoms with van der Waals surface area (Å²) in [6.45, 7) is 1.95. The van der Waals surface area contributed by atoms with E-state index < -0.39 is 16.0 Å². The third-order valence-corrected chi connectivity index (χ3v) is 3.81. The average molecular weight is 300 g/mol. The number of ether oxygens (including phenoxy) is 1. The molecule has 1 aromatic rings. The van der Waals surface area contributed by atoms with Gasteiger partial charge in [-0.25, -0.2) is 17.9 Å². The lowest BCUT2D eigenvalue weighted by Crippen LogP contribution is -2.27. The van der Waals surface area contributed by atoms with Crippen molar-refractivity contribution in [2.45, 2.75) is 31.2 Å². The van der Waals surface area contributed by atoms with Crippen molar-refractivity contribution in [3.8, 4) is 6.07 Å². The van der Waals surface area contributed by atoms with Crippen molar-refractivity contribution >= 4 is 16.0 Å². The summed E-state index contributed by atoms with van der Waals surface area (Å²) in [5.74, 6) is -0.744. The standard InChI is InChI=1S/C11H16N4O4S/c1-2-19-11(16)9-8-13-15-10(9)20(17,18)14-7-5-3-4-6-12/h8,14H,2-5,7H2,1H3,(H,13,15). The number of nitriles is 1. The van der Waals surface area contributed by atoms with Gasteiger partial charge < -0.3 is 4.74 Å². The molecule has 0 aliphatic rings. The van der Waals surface area contributed by atoms with E-state index in [1.807, 2.05) is 6.07 Å². The number of nitrogens with zero attached hydrogens (tertiary/aromatic N) is 2. The zero-order valence-corrected chi connectivity index (χ0v) is 11.9. The molecule has 8 nitrogen and oxygen atoms in total. The van der Waals surface area contributed by atoms with Crippen LogP contribution in [0.5, 0.6) is 0 Å². The first kappa shape index (κ1) is 16.1. The Kier molecular flexibility index (Phi) is 6.14. The van der Waals surface area contributed by atoms with Crippen LogP contribution in [0.3, 0.4) is 0 Å². The van der Waals surface area contributed by atoms with E-state index in [9.17, 15) is 13.2 Å². The van der Waals surface area contributed by atoms with E-state index >= 15 is 0 Å². The van der Waals surface area contributed by atoms with Crippen molar-refractivity contribution in [3.63, 3.8) is 0 Å². The highest BCUT2D eigenvalue weighted by Gasteiger charge is 2.25. The Bertz CT molecular complexity index is 588. The minimum atomic E-state index is -3.85. The van der Waals surface area contributed by atoms with Gasteiger partial charge >= 0.3 is 5.97 Å². The molecule has 0 radical (unpaired) electrons. The van der Waals surface area contributed by atoms with Gasteiger partial charge in [0.1, 0.15) is 5.56 Å². The zero-order chi connectivity index (χ0) is 15.0. The van der Waals surface area contributed by atoms with Gasteiger partial charge in [-0.1, -0.05) is 0 Å². The van der Waals surface area contributed by atoms with Crippen molar-refractivity contribution in [2.75, 3.05) is 13.2 Å². The summed E-state index contributed by atoms with van der Waals surface area (Å²) < 4.78 is 31.1. The van der Waals surface area contributed by atoms with Crippen LogP contribution in [0, 0.1) is 11.3 Å². The summed E-state index contributed by atoms with van der Waals surface area (Å²) >= 11 is 0. The van der Waals surface area contributed by atoms with Crippen LogP contribution in [-0.2, 0) is 14.8 Å². The van der Waals surface area contributed by atoms with E-state index in [0.29, 0.717) is 19.3 Å². The lowest BCUT2D eigenvalue weighted by Gasteiger charge is -2.06. The van der Waals surface area contributed by atoms with Crippen molar-refractivity contribution in [1.29, 1.82) is 5.26 Å². The third kappa shape index (κ3) is 4.32. The SMILES string of the molecule is CCOC(=O)c1cn[nH]c1S(=O)(=O)NCCCCC#N. The average Bonchev–Trinajstić information content (AvgIpc) is 2.89. The number of carbonyl (C=O) groups is 1. The number of rotatable bonds is 8. The highest BCUT2D eigenvalue weighted by Crippen LogP contribution is 2.13. The molecule has 0 fully saturated rings. The monoisotopic (exact) mass is 300 g/mol. The lowest BCUT2D eigenvalue weighted by atomic mass is 10.2. The number of sulfonamides is 1. The second-order valence-corrected chi connectivity index (χ2v) is 5.55. The van der Waals surface area contributed by atoms with Gasteiger partial charge in [-0.3, -0.25) is 5.10 Å².